The number of carboxylic acids is 1. The maximum atomic E-state index is 13.1. The van der Waals surface area contributed by atoms with Gasteiger partial charge in [-0.2, -0.15) is 0 Å². The number of rotatable bonds is 5. The van der Waals surface area contributed by atoms with Crippen molar-refractivity contribution in [3.63, 3.8) is 0 Å². The van der Waals surface area contributed by atoms with Crippen LogP contribution >= 0.6 is 0 Å². The van der Waals surface area contributed by atoms with E-state index in [0.717, 1.165) is 55.1 Å². The Balaban J connectivity index is 1.49. The number of piperidine rings is 1. The number of nitrogens with zero attached hydrogens (tertiary/aromatic N) is 3. The molecule has 3 aliphatic rings. The Kier molecular flexibility index (Phi) is 4.93. The molecule has 5 rings (SSSR count). The minimum absolute atomic E-state index is 0.0116. The van der Waals surface area contributed by atoms with Gasteiger partial charge in [-0.15, -0.1) is 0 Å². The highest BCUT2D eigenvalue weighted by Gasteiger charge is 2.41. The largest absolute Gasteiger partial charge is 0.478 e. The Morgan fingerprint density at radius 1 is 1.18 bits per heavy atom. The molecule has 3 saturated heterocycles. The number of carbonyl (C=O) groups excluding carboxylic acids is 1. The van der Waals surface area contributed by atoms with E-state index in [1.807, 2.05) is 30.9 Å². The van der Waals surface area contributed by atoms with Gasteiger partial charge in [0.2, 0.25) is 5.91 Å². The lowest BCUT2D eigenvalue weighted by molar-refractivity contribution is -0.140. The number of hydrogen-bond donors (Lipinski definition) is 1. The zero-order chi connectivity index (χ0) is 19.8. The molecule has 2 bridgehead atoms. The zero-order valence-electron chi connectivity index (χ0n) is 16.2. The fourth-order valence-corrected chi connectivity index (χ4v) is 4.38. The first kappa shape index (κ1) is 18.7. The van der Waals surface area contributed by atoms with Gasteiger partial charge in [-0.3, -0.25) is 9.69 Å². The molecule has 0 saturated carbocycles. The molecule has 2 aromatic rings. The summed E-state index contributed by atoms with van der Waals surface area (Å²) in [6.45, 7) is 6.66. The first-order valence-electron chi connectivity index (χ1n) is 9.69. The van der Waals surface area contributed by atoms with Crippen molar-refractivity contribution in [2.24, 2.45) is 5.92 Å². The minimum atomic E-state index is -0.917. The fraction of sp³-hybridized carbons (Fsp3) is 0.476. The van der Waals surface area contributed by atoms with Crippen LogP contribution in [0.15, 0.2) is 28.8 Å². The number of aromatic nitrogens is 1. The topological polar surface area (TPSA) is 86.9 Å². The lowest BCUT2D eigenvalue weighted by Gasteiger charge is -2.36. The summed E-state index contributed by atoms with van der Waals surface area (Å²) in [5.74, 6) is 0.0956. The van der Waals surface area contributed by atoms with Gasteiger partial charge >= 0.3 is 5.97 Å². The summed E-state index contributed by atoms with van der Waals surface area (Å²) in [5, 5.41) is 13.1. The van der Waals surface area contributed by atoms with Gasteiger partial charge in [0.15, 0.2) is 0 Å². The molecule has 0 radical (unpaired) electrons. The molecule has 4 heterocycles. The van der Waals surface area contributed by atoms with Crippen LogP contribution in [-0.4, -0.2) is 51.1 Å². The number of amides is 1. The summed E-state index contributed by atoms with van der Waals surface area (Å²) in [5.41, 5.74) is 3.22. The molecule has 1 N–H and O–H groups in total. The molecule has 0 aliphatic carbocycles. The van der Waals surface area contributed by atoms with Crippen molar-refractivity contribution in [2.75, 3.05) is 13.1 Å². The van der Waals surface area contributed by atoms with Crippen molar-refractivity contribution >= 4 is 11.9 Å². The van der Waals surface area contributed by atoms with Gasteiger partial charge in [0.1, 0.15) is 5.76 Å². The Hall–Kier alpha value is -2.67. The smallest absolute Gasteiger partial charge is 0.335 e. The maximum absolute atomic E-state index is 13.1. The second-order valence-corrected chi connectivity index (χ2v) is 7.89. The molecular formula is C21H25N3O4. The number of benzene rings is 1. The molecule has 3 aliphatic heterocycles. The van der Waals surface area contributed by atoms with Crippen molar-refractivity contribution < 1.29 is 19.2 Å². The van der Waals surface area contributed by atoms with E-state index >= 15 is 0 Å². The normalized spacial score (nSPS) is 22.5. The number of fused-ring (bicyclic) bond motifs is 4. The van der Waals surface area contributed by atoms with Crippen molar-refractivity contribution in [1.29, 1.82) is 0 Å². The van der Waals surface area contributed by atoms with Crippen LogP contribution in [0.1, 0.15) is 45.8 Å². The van der Waals surface area contributed by atoms with Crippen LogP contribution in [0, 0.1) is 19.8 Å². The van der Waals surface area contributed by atoms with Crippen LogP contribution in [0.3, 0.4) is 0 Å². The first-order valence-corrected chi connectivity index (χ1v) is 9.69. The van der Waals surface area contributed by atoms with E-state index in [9.17, 15) is 9.59 Å². The second kappa shape index (κ2) is 7.39. The highest BCUT2D eigenvalue weighted by atomic mass is 16.5. The Morgan fingerprint density at radius 3 is 2.57 bits per heavy atom. The molecule has 1 amide bonds. The van der Waals surface area contributed by atoms with E-state index in [4.69, 9.17) is 9.63 Å². The SMILES string of the molecule is Cc1noc(C)c1CN1C(=O)[C@H]2CC[C@@H]1CN(Cc1ccc(C(=O)O)cc1)C2. The van der Waals surface area contributed by atoms with Crippen molar-refractivity contribution in [3.05, 3.63) is 52.4 Å². The summed E-state index contributed by atoms with van der Waals surface area (Å²) < 4.78 is 5.27. The number of carboxylic acid groups (broad SMARTS) is 1. The van der Waals surface area contributed by atoms with Crippen LogP contribution in [0.4, 0.5) is 0 Å². The van der Waals surface area contributed by atoms with E-state index in [0.29, 0.717) is 12.1 Å². The summed E-state index contributed by atoms with van der Waals surface area (Å²) in [4.78, 5) is 28.4. The highest BCUT2D eigenvalue weighted by molar-refractivity contribution is 5.87. The molecule has 28 heavy (non-hydrogen) atoms. The van der Waals surface area contributed by atoms with E-state index in [1.54, 1.807) is 12.1 Å². The van der Waals surface area contributed by atoms with Gasteiger partial charge in [-0.05, 0) is 44.4 Å². The van der Waals surface area contributed by atoms with Crippen LogP contribution in [-0.2, 0) is 17.9 Å². The molecule has 7 nitrogen and oxygen atoms in total. The summed E-state index contributed by atoms with van der Waals surface area (Å²) >= 11 is 0. The fourth-order valence-electron chi connectivity index (χ4n) is 4.38. The monoisotopic (exact) mass is 383 g/mol. The Morgan fingerprint density at radius 2 is 1.93 bits per heavy atom. The third kappa shape index (κ3) is 3.54. The predicted octanol–water partition coefficient (Wildman–Crippen LogP) is 2.61. The van der Waals surface area contributed by atoms with Crippen molar-refractivity contribution in [2.45, 2.75) is 45.8 Å². The molecule has 7 heteroatoms. The highest BCUT2D eigenvalue weighted by Crippen LogP contribution is 2.32. The molecule has 1 aromatic carbocycles. The predicted molar refractivity (Wildman–Crippen MR) is 102 cm³/mol. The molecule has 2 atom stereocenters. The van der Waals surface area contributed by atoms with E-state index < -0.39 is 5.97 Å². The molecule has 148 valence electrons. The van der Waals surface area contributed by atoms with Crippen molar-refractivity contribution in [3.8, 4) is 0 Å². The minimum Gasteiger partial charge on any atom is -0.478 e. The van der Waals surface area contributed by atoms with E-state index in [-0.39, 0.29) is 17.9 Å². The average Bonchev–Trinajstić information content (AvgIpc) is 2.83. The molecule has 1 aromatic heterocycles. The van der Waals surface area contributed by atoms with Gasteiger partial charge in [-0.1, -0.05) is 17.3 Å². The summed E-state index contributed by atoms with van der Waals surface area (Å²) in [6.07, 6.45) is 1.93. The Bertz CT molecular complexity index is 870. The van der Waals surface area contributed by atoms with E-state index in [1.165, 1.54) is 0 Å². The van der Waals surface area contributed by atoms with Crippen LogP contribution < -0.4 is 0 Å². The summed E-state index contributed by atoms with van der Waals surface area (Å²) in [6, 6.07) is 7.18. The van der Waals surface area contributed by atoms with Gasteiger partial charge < -0.3 is 14.5 Å². The zero-order valence-corrected chi connectivity index (χ0v) is 16.2. The molecule has 0 unspecified atom stereocenters. The standard InChI is InChI=1S/C21H25N3O4/c1-13-19(14(2)28-22-13)12-24-18-8-7-17(20(24)25)10-23(11-18)9-15-3-5-16(6-4-15)21(26)27/h3-6,17-18H,7-12H2,1-2H3,(H,26,27)/t17-,18+/m0/s1. The lowest BCUT2D eigenvalue weighted by atomic mass is 9.93. The molecular weight excluding hydrogens is 358 g/mol. The Labute approximate surface area is 163 Å². The summed E-state index contributed by atoms with van der Waals surface area (Å²) in [7, 11) is 0. The third-order valence-electron chi connectivity index (χ3n) is 5.99. The molecule has 0 spiro atoms. The molecule has 3 fully saturated rings. The number of aryl methyl sites for hydroxylation is 2. The van der Waals surface area contributed by atoms with Gasteiger partial charge in [0.25, 0.3) is 0 Å². The van der Waals surface area contributed by atoms with Crippen LogP contribution in [0.5, 0.6) is 0 Å². The van der Waals surface area contributed by atoms with Gasteiger partial charge in [-0.25, -0.2) is 4.79 Å². The van der Waals surface area contributed by atoms with Crippen LogP contribution in [0.2, 0.25) is 0 Å². The van der Waals surface area contributed by atoms with E-state index in [2.05, 4.69) is 10.1 Å². The average molecular weight is 383 g/mol. The second-order valence-electron chi connectivity index (χ2n) is 7.89. The third-order valence-corrected chi connectivity index (χ3v) is 5.99. The number of hydrogen-bond acceptors (Lipinski definition) is 5. The van der Waals surface area contributed by atoms with Crippen molar-refractivity contribution in [1.82, 2.24) is 15.0 Å². The number of aromatic carboxylic acids is 1. The number of carbonyl (C=O) groups is 2. The van der Waals surface area contributed by atoms with Gasteiger partial charge in [0, 0.05) is 31.2 Å². The quantitative estimate of drug-likeness (QED) is 0.854. The lowest BCUT2D eigenvalue weighted by Crippen LogP contribution is -2.47. The van der Waals surface area contributed by atoms with Gasteiger partial charge in [0.05, 0.1) is 23.7 Å². The first-order chi connectivity index (χ1) is 13.4. The van der Waals surface area contributed by atoms with Crippen LogP contribution in [0.25, 0.3) is 0 Å². The maximum Gasteiger partial charge on any atom is 0.335 e.